The number of rotatable bonds is 7. The van der Waals surface area contributed by atoms with E-state index in [1.807, 2.05) is 0 Å². The molecular weight excluding hydrogens is 312 g/mol. The van der Waals surface area contributed by atoms with Crippen LogP contribution in [0.15, 0.2) is 24.3 Å². The number of carbonyl (C=O) groups excluding carboxylic acids is 3. The van der Waals surface area contributed by atoms with Gasteiger partial charge < -0.3 is 19.8 Å². The number of nitrogens with one attached hydrogen (secondary N) is 2. The molecule has 0 aliphatic carbocycles. The Morgan fingerprint density at radius 3 is 2.62 bits per heavy atom. The van der Waals surface area contributed by atoms with E-state index in [1.165, 1.54) is 0 Å². The molecule has 0 saturated heterocycles. The Morgan fingerprint density at radius 1 is 1.25 bits per heavy atom. The van der Waals surface area contributed by atoms with Crippen molar-refractivity contribution in [1.82, 2.24) is 4.98 Å². The van der Waals surface area contributed by atoms with Crippen molar-refractivity contribution in [3.63, 3.8) is 0 Å². The molecule has 1 atom stereocenters. The first-order chi connectivity index (χ1) is 11.4. The van der Waals surface area contributed by atoms with Gasteiger partial charge in [0.1, 0.15) is 5.69 Å². The minimum atomic E-state index is -0.941. The predicted octanol–water partition coefficient (Wildman–Crippen LogP) is 2.83. The van der Waals surface area contributed by atoms with Gasteiger partial charge in [-0.15, -0.1) is 0 Å². The molecule has 0 saturated carbocycles. The molecule has 0 fully saturated rings. The third-order valence-corrected chi connectivity index (χ3v) is 3.37. The van der Waals surface area contributed by atoms with E-state index in [2.05, 4.69) is 10.3 Å². The number of benzene rings is 1. The van der Waals surface area contributed by atoms with Gasteiger partial charge in [0.15, 0.2) is 0 Å². The van der Waals surface area contributed by atoms with Gasteiger partial charge >= 0.3 is 11.9 Å². The molecule has 0 radical (unpaired) electrons. The van der Waals surface area contributed by atoms with Crippen LogP contribution in [0.25, 0.3) is 10.9 Å². The second kappa shape index (κ2) is 7.63. The van der Waals surface area contributed by atoms with Gasteiger partial charge in [0, 0.05) is 28.9 Å². The zero-order valence-electron chi connectivity index (χ0n) is 13.8. The van der Waals surface area contributed by atoms with Crippen LogP contribution in [0.4, 0.5) is 5.69 Å². The van der Waals surface area contributed by atoms with Gasteiger partial charge in [-0.3, -0.25) is 9.59 Å². The van der Waals surface area contributed by atoms with Gasteiger partial charge in [0.05, 0.1) is 0 Å². The molecule has 1 heterocycles. The number of esters is 2. The number of aromatic nitrogens is 1. The van der Waals surface area contributed by atoms with Gasteiger partial charge in [-0.2, -0.15) is 0 Å². The number of fused-ring (bicyclic) bond motifs is 1. The third-order valence-electron chi connectivity index (χ3n) is 3.37. The van der Waals surface area contributed by atoms with Crippen LogP contribution in [0.5, 0.6) is 0 Å². The summed E-state index contributed by atoms with van der Waals surface area (Å²) in [5, 5.41) is 3.30. The summed E-state index contributed by atoms with van der Waals surface area (Å²) in [6.07, 6.45) is -0.151. The molecule has 0 bridgehead atoms. The Morgan fingerprint density at radius 2 is 2.00 bits per heavy atom. The van der Waals surface area contributed by atoms with Crippen LogP contribution in [0, 0.1) is 5.92 Å². The van der Waals surface area contributed by atoms with E-state index < -0.39 is 18.2 Å². The number of aromatic amines is 1. The number of anilines is 1. The standard InChI is InChI=1S/C17H20N2O5/c1-4-15(21)23-17(10(2)3)24-16(22)14-8-11-7-12(18-9-20)5-6-13(11)19-14/h5-10,17,19H,4H2,1-3H3,(H,18,20). The van der Waals surface area contributed by atoms with Gasteiger partial charge in [-0.25, -0.2) is 4.79 Å². The van der Waals surface area contributed by atoms with Gasteiger partial charge in [0.2, 0.25) is 12.7 Å². The van der Waals surface area contributed by atoms with Crippen molar-refractivity contribution in [2.75, 3.05) is 5.32 Å². The molecule has 1 amide bonds. The Bertz CT molecular complexity index is 751. The maximum absolute atomic E-state index is 12.3. The molecule has 0 aliphatic rings. The van der Waals surface area contributed by atoms with E-state index in [9.17, 15) is 14.4 Å². The quantitative estimate of drug-likeness (QED) is 0.461. The summed E-state index contributed by atoms with van der Waals surface area (Å²) in [6.45, 7) is 5.26. The maximum atomic E-state index is 12.3. The van der Waals surface area contributed by atoms with Crippen LogP contribution in [0.2, 0.25) is 0 Å². The van der Waals surface area contributed by atoms with Crippen LogP contribution in [0.1, 0.15) is 37.7 Å². The summed E-state index contributed by atoms with van der Waals surface area (Å²) < 4.78 is 10.4. The smallest absolute Gasteiger partial charge is 0.357 e. The van der Waals surface area contributed by atoms with Crippen LogP contribution in [-0.2, 0) is 19.1 Å². The Balaban J connectivity index is 2.17. The summed E-state index contributed by atoms with van der Waals surface area (Å²) in [7, 11) is 0. The van der Waals surface area contributed by atoms with E-state index >= 15 is 0 Å². The molecule has 2 N–H and O–H groups in total. The SMILES string of the molecule is CCC(=O)OC(OC(=O)c1cc2cc(NC=O)ccc2[nH]1)C(C)C. The fourth-order valence-corrected chi connectivity index (χ4v) is 2.08. The summed E-state index contributed by atoms with van der Waals surface area (Å²) >= 11 is 0. The lowest BCUT2D eigenvalue weighted by molar-refractivity contribution is -0.175. The van der Waals surface area contributed by atoms with Crippen LogP contribution < -0.4 is 5.32 Å². The minimum Gasteiger partial charge on any atom is -0.425 e. The first-order valence-corrected chi connectivity index (χ1v) is 7.68. The molecule has 1 unspecified atom stereocenters. The molecule has 2 rings (SSSR count). The Kier molecular flexibility index (Phi) is 5.57. The van der Waals surface area contributed by atoms with Crippen LogP contribution in [-0.4, -0.2) is 29.6 Å². The number of amides is 1. The fraction of sp³-hybridized carbons (Fsp3) is 0.353. The monoisotopic (exact) mass is 332 g/mol. The van der Waals surface area contributed by atoms with E-state index in [4.69, 9.17) is 9.47 Å². The van der Waals surface area contributed by atoms with Crippen LogP contribution >= 0.6 is 0 Å². The van der Waals surface area contributed by atoms with E-state index in [1.54, 1.807) is 45.0 Å². The second-order valence-electron chi connectivity index (χ2n) is 5.61. The Labute approximate surface area is 139 Å². The lowest BCUT2D eigenvalue weighted by Crippen LogP contribution is -2.29. The molecule has 7 nitrogen and oxygen atoms in total. The van der Waals surface area contributed by atoms with Crippen molar-refractivity contribution in [3.05, 3.63) is 30.0 Å². The van der Waals surface area contributed by atoms with E-state index in [0.717, 1.165) is 10.9 Å². The number of carbonyl (C=O) groups is 3. The first-order valence-electron chi connectivity index (χ1n) is 7.68. The molecule has 1 aromatic heterocycles. The van der Waals surface area contributed by atoms with Crippen LogP contribution in [0.3, 0.4) is 0 Å². The maximum Gasteiger partial charge on any atom is 0.357 e. The largest absolute Gasteiger partial charge is 0.425 e. The minimum absolute atomic E-state index is 0.169. The lowest BCUT2D eigenvalue weighted by atomic mass is 10.2. The molecule has 0 spiro atoms. The average molecular weight is 332 g/mol. The highest BCUT2D eigenvalue weighted by Gasteiger charge is 2.23. The van der Waals surface area contributed by atoms with Crippen molar-refractivity contribution in [2.24, 2.45) is 5.92 Å². The summed E-state index contributed by atoms with van der Waals surface area (Å²) in [6, 6.07) is 6.80. The van der Waals surface area contributed by atoms with Gasteiger partial charge in [-0.1, -0.05) is 20.8 Å². The third kappa shape index (κ3) is 4.13. The van der Waals surface area contributed by atoms with Crippen molar-refractivity contribution in [2.45, 2.75) is 33.5 Å². The molecular formula is C17H20N2O5. The average Bonchev–Trinajstić information content (AvgIpc) is 2.97. The summed E-state index contributed by atoms with van der Waals surface area (Å²) in [5.41, 5.74) is 1.59. The zero-order chi connectivity index (χ0) is 17.7. The van der Waals surface area contributed by atoms with Gasteiger partial charge in [0.25, 0.3) is 0 Å². The molecule has 0 aliphatic heterocycles. The number of H-pyrrole nitrogens is 1. The highest BCUT2D eigenvalue weighted by molar-refractivity contribution is 5.96. The molecule has 2 aromatic rings. The second-order valence-corrected chi connectivity index (χ2v) is 5.61. The zero-order valence-corrected chi connectivity index (χ0v) is 13.8. The van der Waals surface area contributed by atoms with E-state index in [-0.39, 0.29) is 18.0 Å². The topological polar surface area (TPSA) is 97.5 Å². The lowest BCUT2D eigenvalue weighted by Gasteiger charge is -2.20. The molecule has 24 heavy (non-hydrogen) atoms. The molecule has 7 heteroatoms. The van der Waals surface area contributed by atoms with Crippen molar-refractivity contribution < 1.29 is 23.9 Å². The van der Waals surface area contributed by atoms with Gasteiger partial charge in [-0.05, 0) is 24.3 Å². The summed E-state index contributed by atoms with van der Waals surface area (Å²) in [5.74, 6) is -1.21. The van der Waals surface area contributed by atoms with Crippen molar-refractivity contribution in [1.29, 1.82) is 0 Å². The highest BCUT2D eigenvalue weighted by Crippen LogP contribution is 2.21. The molecule has 128 valence electrons. The summed E-state index contributed by atoms with van der Waals surface area (Å²) in [4.78, 5) is 37.2. The fourth-order valence-electron chi connectivity index (χ4n) is 2.08. The van der Waals surface area contributed by atoms with Crippen molar-refractivity contribution >= 4 is 34.9 Å². The van der Waals surface area contributed by atoms with Crippen molar-refractivity contribution in [3.8, 4) is 0 Å². The van der Waals surface area contributed by atoms with E-state index in [0.29, 0.717) is 12.1 Å². The molecule has 1 aromatic carbocycles. The normalized spacial score (nSPS) is 12.0. The number of hydrogen-bond acceptors (Lipinski definition) is 5. The Hall–Kier alpha value is -2.83. The number of ether oxygens (including phenoxy) is 2. The highest BCUT2D eigenvalue weighted by atomic mass is 16.7. The first kappa shape index (κ1) is 17.5. The number of hydrogen-bond donors (Lipinski definition) is 2. The predicted molar refractivity (Wildman–Crippen MR) is 88.4 cm³/mol.